The Balaban J connectivity index is 1.96. The van der Waals surface area contributed by atoms with E-state index in [9.17, 15) is 29.1 Å². The van der Waals surface area contributed by atoms with E-state index in [0.29, 0.717) is 0 Å². The third kappa shape index (κ3) is 4.28. The first-order valence-electron chi connectivity index (χ1n) is 8.81. The summed E-state index contributed by atoms with van der Waals surface area (Å²) in [5.41, 5.74) is -0.653. The van der Waals surface area contributed by atoms with Gasteiger partial charge in [0.2, 0.25) is 17.7 Å². The van der Waals surface area contributed by atoms with Gasteiger partial charge in [0.05, 0.1) is 36.6 Å². The smallest absolute Gasteiger partial charge is 0.337 e. The zero-order valence-electron chi connectivity index (χ0n) is 16.6. The van der Waals surface area contributed by atoms with Crippen LogP contribution in [0.3, 0.4) is 0 Å². The number of H-pyrrole nitrogens is 1. The van der Waals surface area contributed by atoms with E-state index in [2.05, 4.69) is 19.4 Å². The summed E-state index contributed by atoms with van der Waals surface area (Å²) in [7, 11) is 2.30. The van der Waals surface area contributed by atoms with Gasteiger partial charge in [-0.1, -0.05) is 11.8 Å². The number of amides is 2. The number of aromatic hydroxyl groups is 1. The summed E-state index contributed by atoms with van der Waals surface area (Å²) in [5.74, 6) is -3.24. The second-order valence-corrected chi connectivity index (χ2v) is 7.64. The number of methoxy groups -OCH3 is 2. The molecule has 1 atom stereocenters. The largest absolute Gasteiger partial charge is 0.493 e. The highest BCUT2D eigenvalue weighted by molar-refractivity contribution is 8.00. The minimum atomic E-state index is -0.943. The molecule has 31 heavy (non-hydrogen) atoms. The molecule has 1 aromatic heterocycles. The van der Waals surface area contributed by atoms with Gasteiger partial charge in [-0.05, 0) is 25.1 Å². The first kappa shape index (κ1) is 22.0. The van der Waals surface area contributed by atoms with E-state index in [1.165, 1.54) is 25.1 Å². The number of aromatic amines is 1. The van der Waals surface area contributed by atoms with Crippen molar-refractivity contribution in [1.29, 1.82) is 0 Å². The predicted octanol–water partition coefficient (Wildman–Crippen LogP) is 0.781. The molecule has 1 aliphatic rings. The lowest BCUT2D eigenvalue weighted by Gasteiger charge is -2.17. The molecule has 2 aromatic rings. The molecule has 0 spiro atoms. The van der Waals surface area contributed by atoms with Crippen LogP contribution in [0.4, 0.5) is 5.69 Å². The van der Waals surface area contributed by atoms with Gasteiger partial charge in [0.15, 0.2) is 5.16 Å². The maximum atomic E-state index is 12.9. The molecule has 0 bridgehead atoms. The Morgan fingerprint density at radius 1 is 1.13 bits per heavy atom. The number of esters is 2. The molecule has 1 fully saturated rings. The number of benzene rings is 1. The van der Waals surface area contributed by atoms with Crippen LogP contribution >= 0.6 is 11.8 Å². The fourth-order valence-electron chi connectivity index (χ4n) is 2.87. The number of rotatable bonds is 5. The maximum Gasteiger partial charge on any atom is 0.337 e. The number of imide groups is 1. The van der Waals surface area contributed by atoms with E-state index in [1.54, 1.807) is 0 Å². The van der Waals surface area contributed by atoms with E-state index >= 15 is 0 Å². The molecule has 2 heterocycles. The van der Waals surface area contributed by atoms with Gasteiger partial charge in [-0.2, -0.15) is 4.98 Å². The van der Waals surface area contributed by atoms with E-state index in [-0.39, 0.29) is 34.0 Å². The minimum absolute atomic E-state index is 0.00499. The normalized spacial score (nSPS) is 15.8. The molecule has 12 heteroatoms. The Morgan fingerprint density at radius 2 is 1.71 bits per heavy atom. The molecule has 1 aliphatic heterocycles. The van der Waals surface area contributed by atoms with Gasteiger partial charge in [-0.15, -0.1) is 0 Å². The van der Waals surface area contributed by atoms with Crippen molar-refractivity contribution in [2.75, 3.05) is 19.1 Å². The number of thioether (sulfide) groups is 1. The average molecular weight is 447 g/mol. The fourth-order valence-corrected chi connectivity index (χ4v) is 3.86. The highest BCUT2D eigenvalue weighted by Crippen LogP contribution is 2.33. The van der Waals surface area contributed by atoms with Crippen LogP contribution in [0.25, 0.3) is 0 Å². The summed E-state index contributed by atoms with van der Waals surface area (Å²) in [4.78, 5) is 68.3. The average Bonchev–Trinajstić information content (AvgIpc) is 3.03. The zero-order valence-corrected chi connectivity index (χ0v) is 17.4. The Hall–Kier alpha value is -3.67. The standard InChI is InChI=1S/C19H17N3O8S/c1-8-14(24)20-19(21-15(8)25)31-12-7-13(23)22(16(12)26)11-5-9(17(27)29-2)4-10(6-11)18(28)30-3/h4-6,12H,7H2,1-3H3,(H2,20,21,24,25). The van der Waals surface area contributed by atoms with Crippen LogP contribution in [-0.4, -0.2) is 58.3 Å². The quantitative estimate of drug-likeness (QED) is 0.381. The summed E-state index contributed by atoms with van der Waals surface area (Å²) in [5, 5.41) is 8.75. The first-order chi connectivity index (χ1) is 14.7. The van der Waals surface area contributed by atoms with E-state index in [0.717, 1.165) is 30.9 Å². The molecule has 2 amide bonds. The lowest BCUT2D eigenvalue weighted by atomic mass is 10.1. The van der Waals surface area contributed by atoms with Gasteiger partial charge in [0, 0.05) is 6.42 Å². The summed E-state index contributed by atoms with van der Waals surface area (Å²) in [6.07, 6.45) is -0.224. The molecular formula is C19H17N3O8S. The van der Waals surface area contributed by atoms with Crippen molar-refractivity contribution in [3.8, 4) is 5.88 Å². The molecule has 2 N–H and O–H groups in total. The molecule has 1 aromatic carbocycles. The number of nitrogens with zero attached hydrogens (tertiary/aromatic N) is 2. The lowest BCUT2D eigenvalue weighted by Crippen LogP contribution is -2.31. The van der Waals surface area contributed by atoms with Gasteiger partial charge in [-0.3, -0.25) is 14.4 Å². The molecule has 162 valence electrons. The van der Waals surface area contributed by atoms with Gasteiger partial charge in [0.25, 0.3) is 5.56 Å². The van der Waals surface area contributed by atoms with Crippen molar-refractivity contribution in [3.63, 3.8) is 0 Å². The number of anilines is 1. The fraction of sp³-hybridized carbons (Fsp3) is 0.263. The van der Waals surface area contributed by atoms with E-state index in [1.807, 2.05) is 0 Å². The molecule has 0 radical (unpaired) electrons. The number of aromatic nitrogens is 2. The SMILES string of the molecule is COC(=O)c1cc(C(=O)OC)cc(N2C(=O)CC(Sc3nc(O)c(C)c(=O)[nH]3)C2=O)c1. The summed E-state index contributed by atoms with van der Waals surface area (Å²) in [6, 6.07) is 3.72. The van der Waals surface area contributed by atoms with Crippen molar-refractivity contribution >= 4 is 41.2 Å². The van der Waals surface area contributed by atoms with E-state index < -0.39 is 40.4 Å². The molecule has 3 rings (SSSR count). The van der Waals surface area contributed by atoms with Crippen LogP contribution < -0.4 is 10.5 Å². The topological polar surface area (TPSA) is 156 Å². The van der Waals surface area contributed by atoms with Crippen molar-refractivity contribution in [3.05, 3.63) is 45.2 Å². The second-order valence-electron chi connectivity index (χ2n) is 6.45. The first-order valence-corrected chi connectivity index (χ1v) is 9.69. The number of hydrogen-bond donors (Lipinski definition) is 2. The van der Waals surface area contributed by atoms with Crippen LogP contribution in [0.15, 0.2) is 28.2 Å². The molecule has 1 saturated heterocycles. The minimum Gasteiger partial charge on any atom is -0.493 e. The highest BCUT2D eigenvalue weighted by Gasteiger charge is 2.41. The third-order valence-corrected chi connectivity index (χ3v) is 5.55. The van der Waals surface area contributed by atoms with E-state index in [4.69, 9.17) is 0 Å². The number of carbonyl (C=O) groups excluding carboxylic acids is 4. The molecule has 0 saturated carbocycles. The number of nitrogens with one attached hydrogen (secondary N) is 1. The van der Waals surface area contributed by atoms with Crippen LogP contribution in [0.5, 0.6) is 5.88 Å². The van der Waals surface area contributed by atoms with Crippen LogP contribution in [0, 0.1) is 6.92 Å². The van der Waals surface area contributed by atoms with Crippen molar-refractivity contribution in [2.45, 2.75) is 23.8 Å². The number of carbonyl (C=O) groups is 4. The Labute approximate surface area is 179 Å². The predicted molar refractivity (Wildman–Crippen MR) is 107 cm³/mol. The Kier molecular flexibility index (Phi) is 6.11. The molecule has 1 unspecified atom stereocenters. The van der Waals surface area contributed by atoms with Crippen molar-refractivity contribution in [2.24, 2.45) is 0 Å². The van der Waals surface area contributed by atoms with Crippen molar-refractivity contribution < 1.29 is 33.8 Å². The Bertz CT molecular complexity index is 1130. The highest BCUT2D eigenvalue weighted by atomic mass is 32.2. The van der Waals surface area contributed by atoms with Gasteiger partial charge in [-0.25, -0.2) is 14.5 Å². The molecule has 0 aliphatic carbocycles. The zero-order chi connectivity index (χ0) is 22.9. The summed E-state index contributed by atoms with van der Waals surface area (Å²) >= 11 is 0.807. The third-order valence-electron chi connectivity index (χ3n) is 4.48. The van der Waals surface area contributed by atoms with Crippen LogP contribution in [-0.2, 0) is 19.1 Å². The van der Waals surface area contributed by atoms with Crippen molar-refractivity contribution in [1.82, 2.24) is 9.97 Å². The second kappa shape index (κ2) is 8.60. The number of ether oxygens (including phenoxy) is 2. The summed E-state index contributed by atoms with van der Waals surface area (Å²) in [6.45, 7) is 1.38. The lowest BCUT2D eigenvalue weighted by molar-refractivity contribution is -0.121. The maximum absolute atomic E-state index is 12.9. The van der Waals surface area contributed by atoms with Crippen LogP contribution in [0.2, 0.25) is 0 Å². The van der Waals surface area contributed by atoms with Gasteiger partial charge in [0.1, 0.15) is 5.25 Å². The van der Waals surface area contributed by atoms with Crippen LogP contribution in [0.1, 0.15) is 32.7 Å². The number of hydrogen-bond acceptors (Lipinski definition) is 10. The van der Waals surface area contributed by atoms with Gasteiger partial charge >= 0.3 is 11.9 Å². The summed E-state index contributed by atoms with van der Waals surface area (Å²) < 4.78 is 9.32. The molecule has 11 nitrogen and oxygen atoms in total. The molecular weight excluding hydrogens is 430 g/mol. The Morgan fingerprint density at radius 3 is 2.23 bits per heavy atom. The monoisotopic (exact) mass is 447 g/mol. The van der Waals surface area contributed by atoms with Gasteiger partial charge < -0.3 is 19.6 Å².